The van der Waals surface area contributed by atoms with Crippen LogP contribution in [0.2, 0.25) is 0 Å². The molecule has 0 aromatic heterocycles. The van der Waals surface area contributed by atoms with Gasteiger partial charge in [-0.1, -0.05) is 28.1 Å². The number of benzene rings is 2. The van der Waals surface area contributed by atoms with Crippen molar-refractivity contribution in [3.63, 3.8) is 0 Å². The fourth-order valence-corrected chi connectivity index (χ4v) is 4.30. The Bertz CT molecular complexity index is 1110. The first-order valence-corrected chi connectivity index (χ1v) is 12.1. The zero-order valence-electron chi connectivity index (χ0n) is 17.6. The predicted molar refractivity (Wildman–Crippen MR) is 133 cm³/mol. The second-order valence-corrected chi connectivity index (χ2v) is 10.1. The van der Waals surface area contributed by atoms with Gasteiger partial charge in [-0.25, -0.2) is 8.78 Å². The van der Waals surface area contributed by atoms with E-state index in [2.05, 4.69) is 57.1 Å². The summed E-state index contributed by atoms with van der Waals surface area (Å²) in [5.74, 6) is -4.07. The maximum absolute atomic E-state index is 13.9. The van der Waals surface area contributed by atoms with E-state index in [1.165, 1.54) is 0 Å². The van der Waals surface area contributed by atoms with Crippen LogP contribution in [0.4, 0.5) is 14.5 Å². The first-order valence-electron chi connectivity index (χ1n) is 9.98. The Kier molecular flexibility index (Phi) is 8.26. The van der Waals surface area contributed by atoms with Crippen LogP contribution in [0.25, 0.3) is 0 Å². The summed E-state index contributed by atoms with van der Waals surface area (Å²) in [4.78, 5) is 26.1. The maximum Gasteiger partial charge on any atom is 0.264 e. The molecule has 2 amide bonds. The molecule has 4 N–H and O–H groups in total. The van der Waals surface area contributed by atoms with Gasteiger partial charge < -0.3 is 21.1 Å². The normalized spacial score (nSPS) is 18.6. The number of hydrogen-bond donors (Lipinski definition) is 4. The molecule has 2 atom stereocenters. The van der Waals surface area contributed by atoms with Crippen LogP contribution in [-0.4, -0.2) is 29.0 Å². The average molecular weight is 605 g/mol. The molecule has 176 valence electrons. The first kappa shape index (κ1) is 25.7. The highest BCUT2D eigenvalue weighted by Crippen LogP contribution is 2.29. The third-order valence-corrected chi connectivity index (χ3v) is 7.71. The van der Waals surface area contributed by atoms with Crippen molar-refractivity contribution < 1.29 is 23.5 Å². The Morgan fingerprint density at radius 3 is 2.42 bits per heavy atom. The van der Waals surface area contributed by atoms with Crippen molar-refractivity contribution in [1.82, 2.24) is 10.6 Å². The number of aliphatic hydroxyl groups excluding tert-OH is 1. The van der Waals surface area contributed by atoms with Gasteiger partial charge >= 0.3 is 0 Å². The fourth-order valence-electron chi connectivity index (χ4n) is 3.46. The summed E-state index contributed by atoms with van der Waals surface area (Å²) in [6.07, 6.45) is 1.25. The van der Waals surface area contributed by atoms with Crippen molar-refractivity contribution in [3.8, 4) is 0 Å². The molecule has 1 aliphatic rings. The third kappa shape index (κ3) is 5.98. The predicted octanol–water partition coefficient (Wildman–Crippen LogP) is 4.20. The molecule has 0 radical (unpaired) electrons. The highest BCUT2D eigenvalue weighted by atomic mass is 79.9. The minimum atomic E-state index is -0.984. The molecule has 33 heavy (non-hydrogen) atoms. The van der Waals surface area contributed by atoms with Crippen LogP contribution in [0, 0.1) is 11.6 Å². The number of hydrogen-bond acceptors (Lipinski definition) is 4. The van der Waals surface area contributed by atoms with Gasteiger partial charge in [-0.15, -0.1) is 9.24 Å². The number of carbonyl (C=O) groups is 2. The summed E-state index contributed by atoms with van der Waals surface area (Å²) >= 11 is 6.18. The van der Waals surface area contributed by atoms with Gasteiger partial charge in [-0.05, 0) is 71.3 Å². The molecular formula is C22H22Br2F2N3O3P. The second-order valence-electron chi connectivity index (χ2n) is 7.83. The third-order valence-electron chi connectivity index (χ3n) is 5.34. The minimum absolute atomic E-state index is 0.0954. The lowest BCUT2D eigenvalue weighted by molar-refractivity contribution is -0.122. The lowest BCUT2D eigenvalue weighted by Crippen LogP contribution is -2.43. The number of rotatable bonds is 6. The molecule has 3 rings (SSSR count). The van der Waals surface area contributed by atoms with Crippen molar-refractivity contribution in [1.29, 1.82) is 0 Å². The van der Waals surface area contributed by atoms with Crippen molar-refractivity contribution in [2.24, 2.45) is 0 Å². The highest BCUT2D eigenvalue weighted by Gasteiger charge is 2.38. The van der Waals surface area contributed by atoms with Crippen molar-refractivity contribution in [3.05, 3.63) is 67.8 Å². The van der Waals surface area contributed by atoms with E-state index in [4.69, 9.17) is 0 Å². The molecule has 1 heterocycles. The Labute approximate surface area is 209 Å². The Hall–Kier alpha value is -1.87. The van der Waals surface area contributed by atoms with Gasteiger partial charge in [0.1, 0.15) is 23.0 Å². The van der Waals surface area contributed by atoms with Crippen molar-refractivity contribution in [2.75, 3.05) is 11.9 Å². The summed E-state index contributed by atoms with van der Waals surface area (Å²) in [5.41, 5.74) is -0.939. The monoisotopic (exact) mass is 603 g/mol. The van der Waals surface area contributed by atoms with Gasteiger partial charge in [0.05, 0.1) is 10.0 Å². The van der Waals surface area contributed by atoms with Crippen LogP contribution in [0.15, 0.2) is 50.6 Å². The topological polar surface area (TPSA) is 90.5 Å². The number of amides is 2. The lowest BCUT2D eigenvalue weighted by atomic mass is 9.93. The molecule has 2 aromatic carbocycles. The SMILES string of the molecule is CC1(/C(O)=C(\C(=O)NCc2ccc(P)c(Br)c2)C(=O)Nc2cc(F)c(Br)c(F)c2)CCCN1. The minimum Gasteiger partial charge on any atom is -0.509 e. The fraction of sp³-hybridized carbons (Fsp3) is 0.273. The van der Waals surface area contributed by atoms with Gasteiger partial charge in [-0.2, -0.15) is 0 Å². The van der Waals surface area contributed by atoms with Crippen LogP contribution >= 0.6 is 41.1 Å². The van der Waals surface area contributed by atoms with Crippen molar-refractivity contribution >= 4 is 63.9 Å². The van der Waals surface area contributed by atoms with Crippen LogP contribution in [-0.2, 0) is 16.1 Å². The van der Waals surface area contributed by atoms with E-state index in [1.807, 2.05) is 18.2 Å². The standard InChI is InChI=1S/C22H22Br2F2N3O3P/c1-22(5-2-6-28-22)19(30)17(20(31)27-10-11-3-4-16(33)13(23)7-11)21(32)29-12-8-14(25)18(24)15(26)9-12/h3-4,7-9,28,30H,2,5-6,10,33H2,1H3,(H,27,31)(H,29,32)/b19-17-. The number of halogens is 4. The number of nitrogens with one attached hydrogen (secondary N) is 3. The first-order chi connectivity index (χ1) is 15.5. The summed E-state index contributed by atoms with van der Waals surface area (Å²) < 4.78 is 28.2. The largest absolute Gasteiger partial charge is 0.509 e. The molecule has 0 spiro atoms. The van der Waals surface area contributed by atoms with E-state index in [0.717, 1.165) is 33.9 Å². The van der Waals surface area contributed by atoms with Crippen LogP contribution < -0.4 is 21.3 Å². The molecule has 1 saturated heterocycles. The molecule has 0 bridgehead atoms. The number of anilines is 1. The van der Waals surface area contributed by atoms with E-state index >= 15 is 0 Å². The number of aliphatic hydroxyl groups is 1. The quantitative estimate of drug-likeness (QED) is 0.0994. The van der Waals surface area contributed by atoms with Gasteiger partial charge in [0.25, 0.3) is 11.8 Å². The molecule has 6 nitrogen and oxygen atoms in total. The van der Waals surface area contributed by atoms with Crippen LogP contribution in [0.3, 0.4) is 0 Å². The zero-order chi connectivity index (χ0) is 24.3. The number of carbonyl (C=O) groups excluding carboxylic acids is 2. The molecule has 11 heteroatoms. The van der Waals surface area contributed by atoms with Gasteiger partial charge in [0, 0.05) is 16.7 Å². The maximum atomic E-state index is 13.9. The molecular weight excluding hydrogens is 583 g/mol. The molecule has 1 fully saturated rings. The Morgan fingerprint density at radius 1 is 1.18 bits per heavy atom. The summed E-state index contributed by atoms with van der Waals surface area (Å²) in [6, 6.07) is 7.30. The Balaban J connectivity index is 1.89. The van der Waals surface area contributed by atoms with Crippen LogP contribution in [0.5, 0.6) is 0 Å². The zero-order valence-corrected chi connectivity index (χ0v) is 21.9. The van der Waals surface area contributed by atoms with E-state index in [1.54, 1.807) is 6.92 Å². The lowest BCUT2D eigenvalue weighted by Gasteiger charge is -2.25. The highest BCUT2D eigenvalue weighted by molar-refractivity contribution is 9.11. The smallest absolute Gasteiger partial charge is 0.264 e. The van der Waals surface area contributed by atoms with Crippen LogP contribution in [0.1, 0.15) is 25.3 Å². The molecule has 0 saturated carbocycles. The molecule has 2 aromatic rings. The van der Waals surface area contributed by atoms with E-state index in [9.17, 15) is 23.5 Å². The van der Waals surface area contributed by atoms with E-state index in [0.29, 0.717) is 13.0 Å². The summed E-state index contributed by atoms with van der Waals surface area (Å²) in [5, 5.41) is 19.9. The van der Waals surface area contributed by atoms with E-state index < -0.39 is 40.3 Å². The van der Waals surface area contributed by atoms with Gasteiger partial charge in [-0.3, -0.25) is 9.59 Å². The van der Waals surface area contributed by atoms with Gasteiger partial charge in [0.15, 0.2) is 0 Å². The van der Waals surface area contributed by atoms with Crippen molar-refractivity contribution in [2.45, 2.75) is 31.8 Å². The molecule has 0 aliphatic carbocycles. The molecule has 1 aliphatic heterocycles. The Morgan fingerprint density at radius 2 is 1.85 bits per heavy atom. The summed E-state index contributed by atoms with van der Waals surface area (Å²) in [7, 11) is 2.57. The van der Waals surface area contributed by atoms with Gasteiger partial charge in [0.2, 0.25) is 0 Å². The van der Waals surface area contributed by atoms with E-state index in [-0.39, 0.29) is 16.7 Å². The average Bonchev–Trinajstić information content (AvgIpc) is 3.20. The second kappa shape index (κ2) is 10.6. The molecule has 2 unspecified atom stereocenters. The summed E-state index contributed by atoms with van der Waals surface area (Å²) in [6.45, 7) is 2.39.